The van der Waals surface area contributed by atoms with Crippen LogP contribution in [0.2, 0.25) is 0 Å². The fourth-order valence-electron chi connectivity index (χ4n) is 2.95. The second-order valence-electron chi connectivity index (χ2n) is 4.89. The fourth-order valence-corrected chi connectivity index (χ4v) is 3.36. The molecule has 1 aromatic rings. The summed E-state index contributed by atoms with van der Waals surface area (Å²) in [6.07, 6.45) is 2.59. The number of methoxy groups -OCH3 is 2. The quantitative estimate of drug-likeness (QED) is 0.475. The molecule has 2 unspecified atom stereocenters. The van der Waals surface area contributed by atoms with Crippen molar-refractivity contribution in [3.8, 4) is 5.75 Å². The molecule has 1 fully saturated rings. The van der Waals surface area contributed by atoms with E-state index in [1.54, 1.807) is 7.11 Å². The third kappa shape index (κ3) is 1.60. The standard InChI is InChI=1S/C14H15ClO4/c1-17-10-5-6-11-9(8-10)4-3-7-13(11)14(15,19-13)12(16)18-2/h5-6,8H,3-4,7H2,1-2H3. The van der Waals surface area contributed by atoms with Crippen molar-refractivity contribution in [2.75, 3.05) is 14.2 Å². The zero-order chi connectivity index (χ0) is 13.7. The number of hydrogen-bond acceptors (Lipinski definition) is 4. The number of rotatable bonds is 2. The summed E-state index contributed by atoms with van der Waals surface area (Å²) in [7, 11) is 2.95. The van der Waals surface area contributed by atoms with Gasteiger partial charge in [0.2, 0.25) is 0 Å². The van der Waals surface area contributed by atoms with Crippen molar-refractivity contribution in [3.05, 3.63) is 29.3 Å². The minimum absolute atomic E-state index is 0.530. The fraction of sp³-hybridized carbons (Fsp3) is 0.500. The Morgan fingerprint density at radius 1 is 1.42 bits per heavy atom. The van der Waals surface area contributed by atoms with Gasteiger partial charge in [-0.05, 0) is 42.5 Å². The van der Waals surface area contributed by atoms with E-state index in [1.165, 1.54) is 7.11 Å². The van der Waals surface area contributed by atoms with E-state index in [0.717, 1.165) is 36.1 Å². The molecule has 1 heterocycles. The number of epoxide rings is 1. The van der Waals surface area contributed by atoms with Gasteiger partial charge in [0.05, 0.1) is 14.2 Å². The highest BCUT2D eigenvalue weighted by Crippen LogP contribution is 2.64. The zero-order valence-corrected chi connectivity index (χ0v) is 11.6. The first-order chi connectivity index (χ1) is 9.07. The summed E-state index contributed by atoms with van der Waals surface area (Å²) in [5.74, 6) is 0.271. The van der Waals surface area contributed by atoms with Crippen molar-refractivity contribution >= 4 is 17.6 Å². The van der Waals surface area contributed by atoms with Crippen LogP contribution in [0, 0.1) is 0 Å². The van der Waals surface area contributed by atoms with E-state index in [2.05, 4.69) is 0 Å². The van der Waals surface area contributed by atoms with Gasteiger partial charge in [-0.25, -0.2) is 4.79 Å². The van der Waals surface area contributed by atoms with E-state index in [9.17, 15) is 4.79 Å². The van der Waals surface area contributed by atoms with Crippen molar-refractivity contribution in [2.45, 2.75) is 29.9 Å². The van der Waals surface area contributed by atoms with Crippen LogP contribution < -0.4 is 4.74 Å². The van der Waals surface area contributed by atoms with Crippen LogP contribution in [-0.2, 0) is 26.3 Å². The molecule has 1 saturated heterocycles. The molecule has 0 N–H and O–H groups in total. The second-order valence-corrected chi connectivity index (χ2v) is 5.42. The third-order valence-electron chi connectivity index (χ3n) is 3.96. The van der Waals surface area contributed by atoms with Crippen molar-refractivity contribution in [1.82, 2.24) is 0 Å². The van der Waals surface area contributed by atoms with Crippen molar-refractivity contribution in [2.24, 2.45) is 0 Å². The van der Waals surface area contributed by atoms with E-state index in [-0.39, 0.29) is 0 Å². The Morgan fingerprint density at radius 2 is 2.21 bits per heavy atom. The average molecular weight is 283 g/mol. The van der Waals surface area contributed by atoms with E-state index in [1.807, 2.05) is 18.2 Å². The zero-order valence-electron chi connectivity index (χ0n) is 10.9. The van der Waals surface area contributed by atoms with Gasteiger partial charge in [-0.1, -0.05) is 17.7 Å². The summed E-state index contributed by atoms with van der Waals surface area (Å²) in [4.78, 5) is 11.8. The molecule has 3 rings (SSSR count). The van der Waals surface area contributed by atoms with Crippen molar-refractivity contribution in [1.29, 1.82) is 0 Å². The normalized spacial score (nSPS) is 31.7. The number of hydrogen-bond donors (Lipinski definition) is 0. The Kier molecular flexibility index (Phi) is 2.76. The molecule has 0 aromatic heterocycles. The monoisotopic (exact) mass is 282 g/mol. The maximum absolute atomic E-state index is 11.8. The van der Waals surface area contributed by atoms with Crippen molar-refractivity contribution < 1.29 is 19.0 Å². The molecule has 0 saturated carbocycles. The number of halogens is 1. The second kappa shape index (κ2) is 4.12. The Hall–Kier alpha value is -1.26. The first-order valence-corrected chi connectivity index (χ1v) is 6.60. The lowest BCUT2D eigenvalue weighted by Gasteiger charge is -2.24. The lowest BCUT2D eigenvalue weighted by molar-refractivity contribution is -0.143. The smallest absolute Gasteiger partial charge is 0.357 e. The van der Waals surface area contributed by atoms with Crippen molar-refractivity contribution in [3.63, 3.8) is 0 Å². The van der Waals surface area contributed by atoms with Crippen LogP contribution >= 0.6 is 11.6 Å². The number of esters is 1. The highest BCUT2D eigenvalue weighted by molar-refractivity contribution is 6.36. The van der Waals surface area contributed by atoms with Crippen LogP contribution in [0.3, 0.4) is 0 Å². The molecule has 4 nitrogen and oxygen atoms in total. The molecule has 2 aliphatic rings. The number of carbonyl (C=O) groups is 1. The summed E-state index contributed by atoms with van der Waals surface area (Å²) in [6.45, 7) is 0. The van der Waals surface area contributed by atoms with Crippen LogP contribution in [0.15, 0.2) is 18.2 Å². The topological polar surface area (TPSA) is 48.1 Å². The molecule has 19 heavy (non-hydrogen) atoms. The van der Waals surface area contributed by atoms with Crippen LogP contribution in [0.4, 0.5) is 0 Å². The van der Waals surface area contributed by atoms with Gasteiger partial charge in [0, 0.05) is 0 Å². The molecular weight excluding hydrogens is 268 g/mol. The molecule has 1 spiro atoms. The molecule has 0 bridgehead atoms. The highest BCUT2D eigenvalue weighted by Gasteiger charge is 2.76. The predicted molar refractivity (Wildman–Crippen MR) is 69.3 cm³/mol. The summed E-state index contributed by atoms with van der Waals surface area (Å²) >= 11 is 6.30. The number of carbonyl (C=O) groups excluding carboxylic acids is 1. The Bertz CT molecular complexity index is 544. The molecular formula is C14H15ClO4. The average Bonchev–Trinajstić information content (AvgIpc) is 3.04. The summed E-state index contributed by atoms with van der Waals surface area (Å²) in [5.41, 5.74) is 1.36. The maximum Gasteiger partial charge on any atom is 0.357 e. The van der Waals surface area contributed by atoms with Crippen LogP contribution in [0.25, 0.3) is 0 Å². The molecule has 0 radical (unpaired) electrons. The first-order valence-electron chi connectivity index (χ1n) is 6.22. The lowest BCUT2D eigenvalue weighted by Crippen LogP contribution is -2.31. The molecule has 1 aliphatic heterocycles. The maximum atomic E-state index is 11.8. The van der Waals surface area contributed by atoms with Gasteiger partial charge in [0.25, 0.3) is 5.06 Å². The van der Waals surface area contributed by atoms with Gasteiger partial charge in [-0.2, -0.15) is 0 Å². The summed E-state index contributed by atoms with van der Waals surface area (Å²) in [6, 6.07) is 5.77. The molecule has 102 valence electrons. The highest BCUT2D eigenvalue weighted by atomic mass is 35.5. The minimum Gasteiger partial charge on any atom is -0.497 e. The number of aryl methyl sites for hydroxylation is 1. The first kappa shape index (κ1) is 12.8. The van der Waals surface area contributed by atoms with E-state index >= 15 is 0 Å². The summed E-state index contributed by atoms with van der Waals surface area (Å²) in [5, 5.41) is -1.37. The largest absolute Gasteiger partial charge is 0.497 e. The van der Waals surface area contributed by atoms with Gasteiger partial charge in [-0.3, -0.25) is 0 Å². The van der Waals surface area contributed by atoms with E-state index < -0.39 is 16.6 Å². The van der Waals surface area contributed by atoms with Gasteiger partial charge in [0.15, 0.2) is 5.60 Å². The minimum atomic E-state index is -1.37. The third-order valence-corrected chi connectivity index (χ3v) is 4.50. The van der Waals surface area contributed by atoms with Gasteiger partial charge >= 0.3 is 5.97 Å². The van der Waals surface area contributed by atoms with Gasteiger partial charge in [0.1, 0.15) is 5.75 Å². The van der Waals surface area contributed by atoms with E-state index in [4.69, 9.17) is 25.8 Å². The predicted octanol–water partition coefficient (Wildman–Crippen LogP) is 2.37. The molecule has 2 atom stereocenters. The number of ether oxygens (including phenoxy) is 3. The summed E-state index contributed by atoms with van der Waals surface area (Å²) < 4.78 is 15.6. The molecule has 5 heteroatoms. The molecule has 1 aliphatic carbocycles. The van der Waals surface area contributed by atoms with Crippen LogP contribution in [0.1, 0.15) is 24.0 Å². The SMILES string of the molecule is COC(=O)C1(Cl)OC12CCCc1cc(OC)ccc12. The number of fused-ring (bicyclic) bond motifs is 2. The Labute approximate surface area is 116 Å². The molecule has 1 aromatic carbocycles. The van der Waals surface area contributed by atoms with Gasteiger partial charge in [-0.15, -0.1) is 0 Å². The van der Waals surface area contributed by atoms with E-state index in [0.29, 0.717) is 0 Å². The number of alkyl halides is 1. The lowest BCUT2D eigenvalue weighted by atomic mass is 9.80. The van der Waals surface area contributed by atoms with Crippen LogP contribution in [0.5, 0.6) is 5.75 Å². The Balaban J connectivity index is 2.03. The Morgan fingerprint density at radius 3 is 2.89 bits per heavy atom. The van der Waals surface area contributed by atoms with Gasteiger partial charge < -0.3 is 14.2 Å². The molecule has 0 amide bonds. The number of benzene rings is 1. The van der Waals surface area contributed by atoms with Crippen LogP contribution in [-0.4, -0.2) is 25.2 Å².